The van der Waals surface area contributed by atoms with Crippen molar-refractivity contribution in [1.82, 2.24) is 14.5 Å². The Kier molecular flexibility index (Phi) is 6.11. The number of guanidine groups is 1. The molecule has 2 atom stereocenters. The van der Waals surface area contributed by atoms with E-state index in [0.29, 0.717) is 22.0 Å². The number of nitrogens with two attached hydrogens (primary N) is 1. The van der Waals surface area contributed by atoms with E-state index in [4.69, 9.17) is 5.73 Å². The van der Waals surface area contributed by atoms with E-state index in [9.17, 15) is 9.00 Å². The first kappa shape index (κ1) is 21.6. The van der Waals surface area contributed by atoms with E-state index in [2.05, 4.69) is 30.5 Å². The highest BCUT2D eigenvalue weighted by Gasteiger charge is 2.46. The summed E-state index contributed by atoms with van der Waals surface area (Å²) in [4.78, 5) is 19.8. The zero-order valence-electron chi connectivity index (χ0n) is 17.0. The number of aliphatic imine (C=N–C) groups is 1. The van der Waals surface area contributed by atoms with E-state index in [-0.39, 0.29) is 16.2 Å². The molecule has 156 valence electrons. The van der Waals surface area contributed by atoms with Crippen LogP contribution in [0.1, 0.15) is 52.9 Å². The van der Waals surface area contributed by atoms with Gasteiger partial charge < -0.3 is 15.5 Å². The molecule has 7 nitrogen and oxygen atoms in total. The SMILES string of the molecule is CN1C(=C=O)C(Br)=C(N)N=C1N1CCC2(CCC[C@H]2N[S@](=O)C(C)(C)C)CC1. The van der Waals surface area contributed by atoms with Crippen LogP contribution in [0.3, 0.4) is 0 Å². The van der Waals surface area contributed by atoms with Crippen LogP contribution in [0.25, 0.3) is 0 Å². The maximum absolute atomic E-state index is 12.6. The normalized spacial score (nSPS) is 26.5. The van der Waals surface area contributed by atoms with Crippen molar-refractivity contribution in [1.29, 1.82) is 0 Å². The maximum atomic E-state index is 12.6. The maximum Gasteiger partial charge on any atom is 0.208 e. The molecular formula is C19H30BrN5O2S. The fourth-order valence-corrected chi connectivity index (χ4v) is 5.79. The van der Waals surface area contributed by atoms with Crippen LogP contribution >= 0.6 is 15.9 Å². The average Bonchev–Trinajstić information content (AvgIpc) is 3.01. The number of carbonyl (C=O) groups excluding carboxylic acids is 1. The fourth-order valence-electron chi connectivity index (χ4n) is 4.38. The number of nitrogens with zero attached hydrogens (tertiary/aromatic N) is 3. The Morgan fingerprint density at radius 2 is 1.96 bits per heavy atom. The summed E-state index contributed by atoms with van der Waals surface area (Å²) < 4.78 is 16.3. The molecule has 0 aromatic rings. The van der Waals surface area contributed by atoms with Gasteiger partial charge in [0, 0.05) is 26.2 Å². The third-order valence-corrected chi connectivity index (χ3v) is 8.53. The van der Waals surface area contributed by atoms with Crippen LogP contribution in [0, 0.1) is 5.41 Å². The summed E-state index contributed by atoms with van der Waals surface area (Å²) in [6, 6.07) is 0.283. The number of allylic oxidation sites excluding steroid dienone is 1. The van der Waals surface area contributed by atoms with Gasteiger partial charge in [-0.2, -0.15) is 4.99 Å². The molecule has 3 N–H and O–H groups in total. The average molecular weight is 472 g/mol. The number of nitrogens with one attached hydrogen (secondary N) is 1. The van der Waals surface area contributed by atoms with Crippen LogP contribution in [0.4, 0.5) is 0 Å². The highest BCUT2D eigenvalue weighted by atomic mass is 79.9. The Morgan fingerprint density at radius 1 is 1.32 bits per heavy atom. The van der Waals surface area contributed by atoms with Gasteiger partial charge in [0.25, 0.3) is 0 Å². The Balaban J connectivity index is 1.73. The lowest BCUT2D eigenvalue weighted by molar-refractivity contribution is 0.123. The molecule has 0 unspecified atom stereocenters. The van der Waals surface area contributed by atoms with Crippen molar-refractivity contribution < 1.29 is 9.00 Å². The van der Waals surface area contributed by atoms with E-state index in [1.54, 1.807) is 4.90 Å². The predicted molar refractivity (Wildman–Crippen MR) is 116 cm³/mol. The lowest BCUT2D eigenvalue weighted by atomic mass is 9.74. The molecule has 0 bridgehead atoms. The number of hydrogen-bond donors (Lipinski definition) is 2. The van der Waals surface area contributed by atoms with Gasteiger partial charge in [-0.25, -0.2) is 13.7 Å². The van der Waals surface area contributed by atoms with E-state index in [0.717, 1.165) is 38.8 Å². The molecule has 1 spiro atoms. The summed E-state index contributed by atoms with van der Waals surface area (Å²) in [5.41, 5.74) is 6.53. The number of rotatable bonds is 2. The molecular weight excluding hydrogens is 442 g/mol. The molecule has 0 aromatic heterocycles. The molecule has 1 aliphatic carbocycles. The van der Waals surface area contributed by atoms with Gasteiger partial charge in [0.1, 0.15) is 11.5 Å². The van der Waals surface area contributed by atoms with Gasteiger partial charge in [-0.1, -0.05) is 6.42 Å². The lowest BCUT2D eigenvalue weighted by Crippen LogP contribution is -2.54. The minimum absolute atomic E-state index is 0.177. The smallest absolute Gasteiger partial charge is 0.208 e. The molecule has 2 fully saturated rings. The monoisotopic (exact) mass is 471 g/mol. The first-order chi connectivity index (χ1) is 13.1. The summed E-state index contributed by atoms with van der Waals surface area (Å²) >= 11 is 3.32. The highest BCUT2D eigenvalue weighted by Crippen LogP contribution is 2.47. The van der Waals surface area contributed by atoms with Crippen LogP contribution in [-0.4, -0.2) is 56.8 Å². The summed E-state index contributed by atoms with van der Waals surface area (Å²) in [6.07, 6.45) is 5.41. The third kappa shape index (κ3) is 3.95. The van der Waals surface area contributed by atoms with Crippen molar-refractivity contribution in [3.05, 3.63) is 16.0 Å². The van der Waals surface area contributed by atoms with Gasteiger partial charge in [-0.05, 0) is 67.8 Å². The predicted octanol–water partition coefficient (Wildman–Crippen LogP) is 2.21. The number of likely N-dealkylation sites (N-methyl/N-ethyl adjacent to an activating group) is 1. The van der Waals surface area contributed by atoms with Gasteiger partial charge in [0.05, 0.1) is 20.2 Å². The largest absolute Gasteiger partial charge is 0.383 e. The second-order valence-corrected chi connectivity index (χ2v) is 11.7. The summed E-state index contributed by atoms with van der Waals surface area (Å²) in [7, 11) is 0.751. The van der Waals surface area contributed by atoms with Crippen molar-refractivity contribution in [3.63, 3.8) is 0 Å². The Morgan fingerprint density at radius 3 is 2.54 bits per heavy atom. The first-order valence-electron chi connectivity index (χ1n) is 9.75. The van der Waals surface area contributed by atoms with Crippen LogP contribution < -0.4 is 10.5 Å². The lowest BCUT2D eigenvalue weighted by Gasteiger charge is -2.46. The number of likely N-dealkylation sites (tertiary alicyclic amines) is 1. The fraction of sp³-hybridized carbons (Fsp3) is 0.737. The minimum atomic E-state index is -1.06. The Bertz CT molecular complexity index is 774. The van der Waals surface area contributed by atoms with Crippen molar-refractivity contribution in [2.45, 2.75) is 63.7 Å². The van der Waals surface area contributed by atoms with Gasteiger partial charge in [-0.15, -0.1) is 0 Å². The van der Waals surface area contributed by atoms with Crippen molar-refractivity contribution in [2.24, 2.45) is 16.1 Å². The summed E-state index contributed by atoms with van der Waals surface area (Å²) in [5.74, 6) is 2.94. The molecule has 3 aliphatic rings. The summed E-state index contributed by atoms with van der Waals surface area (Å²) in [6.45, 7) is 7.68. The van der Waals surface area contributed by atoms with Gasteiger partial charge in [-0.3, -0.25) is 0 Å². The molecule has 2 aliphatic heterocycles. The van der Waals surface area contributed by atoms with E-state index >= 15 is 0 Å². The minimum Gasteiger partial charge on any atom is -0.383 e. The number of halogens is 1. The number of piperidine rings is 1. The Labute approximate surface area is 178 Å². The molecule has 28 heavy (non-hydrogen) atoms. The summed E-state index contributed by atoms with van der Waals surface area (Å²) in [5, 5.41) is 0. The molecule has 3 rings (SSSR count). The van der Waals surface area contributed by atoms with Crippen LogP contribution in [0.5, 0.6) is 0 Å². The van der Waals surface area contributed by atoms with Gasteiger partial charge in [0.2, 0.25) is 5.96 Å². The molecule has 0 radical (unpaired) electrons. The first-order valence-corrected chi connectivity index (χ1v) is 11.7. The van der Waals surface area contributed by atoms with Crippen LogP contribution in [0.2, 0.25) is 0 Å². The molecule has 1 saturated carbocycles. The standard InChI is InChI=1S/C19H30BrN5O2S/c1-18(2,3)28(27)23-14-6-5-7-19(14)8-10-25(11-9-19)17-22-16(21)15(20)13(12-26)24(17)4/h14,23H,5-11,21H2,1-4H3/t14-,28-/m1/s1. The molecule has 2 heterocycles. The molecule has 0 amide bonds. The highest BCUT2D eigenvalue weighted by molar-refractivity contribution is 9.12. The van der Waals surface area contributed by atoms with E-state index < -0.39 is 11.0 Å². The second kappa shape index (κ2) is 7.94. The zero-order valence-corrected chi connectivity index (χ0v) is 19.5. The molecule has 9 heteroatoms. The van der Waals surface area contributed by atoms with Crippen LogP contribution in [-0.2, 0) is 15.8 Å². The van der Waals surface area contributed by atoms with E-state index in [1.165, 1.54) is 6.42 Å². The van der Waals surface area contributed by atoms with Crippen molar-refractivity contribution >= 4 is 38.8 Å². The van der Waals surface area contributed by atoms with Gasteiger partial charge >= 0.3 is 0 Å². The molecule has 0 aromatic carbocycles. The quantitative estimate of drug-likeness (QED) is 0.602. The van der Waals surface area contributed by atoms with Crippen molar-refractivity contribution in [3.8, 4) is 0 Å². The topological polar surface area (TPSA) is 91.0 Å². The van der Waals surface area contributed by atoms with Gasteiger partial charge in [0.15, 0.2) is 5.94 Å². The zero-order chi connectivity index (χ0) is 20.7. The molecule has 1 saturated heterocycles. The van der Waals surface area contributed by atoms with Crippen LogP contribution in [0.15, 0.2) is 21.0 Å². The third-order valence-electron chi connectivity index (χ3n) is 6.14. The van der Waals surface area contributed by atoms with E-state index in [1.807, 2.05) is 33.8 Å². The Hall–Kier alpha value is -1.15. The number of hydrogen-bond acceptors (Lipinski definition) is 6. The second-order valence-electron chi connectivity index (χ2n) is 8.91. The van der Waals surface area contributed by atoms with Crippen molar-refractivity contribution in [2.75, 3.05) is 20.1 Å².